The molecule has 104 valence electrons. The summed E-state index contributed by atoms with van der Waals surface area (Å²) in [6.45, 7) is 0. The fourth-order valence-electron chi connectivity index (χ4n) is 2.22. The lowest BCUT2D eigenvalue weighted by Gasteiger charge is -2.24. The van der Waals surface area contributed by atoms with Crippen LogP contribution in [0.15, 0.2) is 45.7 Å². The lowest BCUT2D eigenvalue weighted by atomic mass is 9.94. The molecule has 1 aromatic carbocycles. The Kier molecular flexibility index (Phi) is 3.21. The number of thioether (sulfide) groups is 1. The van der Waals surface area contributed by atoms with Crippen molar-refractivity contribution in [3.8, 4) is 0 Å². The van der Waals surface area contributed by atoms with E-state index >= 15 is 0 Å². The molecule has 0 bridgehead atoms. The summed E-state index contributed by atoms with van der Waals surface area (Å²) in [6.07, 6.45) is -0.807. The summed E-state index contributed by atoms with van der Waals surface area (Å²) in [7, 11) is 0. The Labute approximate surface area is 122 Å². The van der Waals surface area contributed by atoms with Crippen molar-refractivity contribution in [2.24, 2.45) is 0 Å². The number of rotatable bonds is 0. The topological polar surface area (TPSA) is 17.1 Å². The predicted molar refractivity (Wildman–Crippen MR) is 71.8 cm³/mol. The lowest BCUT2D eigenvalue weighted by molar-refractivity contribution is -0.137. The van der Waals surface area contributed by atoms with Crippen LogP contribution in [-0.4, -0.2) is 11.2 Å². The van der Waals surface area contributed by atoms with Gasteiger partial charge in [0.25, 0.3) is 0 Å². The van der Waals surface area contributed by atoms with Gasteiger partial charge in [0.1, 0.15) is 5.38 Å². The zero-order chi connectivity index (χ0) is 14.5. The molecule has 0 N–H and O–H groups in total. The van der Waals surface area contributed by atoms with E-state index in [1.165, 1.54) is 17.8 Å². The summed E-state index contributed by atoms with van der Waals surface area (Å²) in [5.41, 5.74) is 0.336. The van der Waals surface area contributed by atoms with Gasteiger partial charge in [-0.25, -0.2) is 0 Å². The van der Waals surface area contributed by atoms with Crippen LogP contribution in [0.1, 0.15) is 11.1 Å². The van der Waals surface area contributed by atoms with Gasteiger partial charge in [0.15, 0.2) is 5.78 Å². The number of hydrogen-bond donors (Lipinski definition) is 0. The Morgan fingerprint density at radius 3 is 2.75 bits per heavy atom. The average Bonchev–Trinajstić information content (AvgIpc) is 2.40. The number of fused-ring (bicyclic) bond motifs is 1. The third-order valence-electron chi connectivity index (χ3n) is 3.24. The number of benzene rings is 1. The number of carbonyl (C=O) groups excluding carboxylic acids is 1. The van der Waals surface area contributed by atoms with Crippen LogP contribution in [-0.2, 0) is 17.4 Å². The highest BCUT2D eigenvalue weighted by atomic mass is 35.5. The summed E-state index contributed by atoms with van der Waals surface area (Å²) < 4.78 is 38.1. The molecule has 1 atom stereocenters. The average molecular weight is 317 g/mol. The van der Waals surface area contributed by atoms with E-state index in [1.807, 2.05) is 0 Å². The Bertz CT molecular complexity index is 661. The van der Waals surface area contributed by atoms with Crippen molar-refractivity contribution in [1.29, 1.82) is 0 Å². The van der Waals surface area contributed by atoms with Crippen molar-refractivity contribution >= 4 is 29.1 Å². The minimum Gasteiger partial charge on any atom is -0.292 e. The van der Waals surface area contributed by atoms with Gasteiger partial charge < -0.3 is 0 Å². The lowest BCUT2D eigenvalue weighted by Crippen LogP contribution is -2.22. The van der Waals surface area contributed by atoms with Gasteiger partial charge in [0, 0.05) is 21.8 Å². The molecule has 0 fully saturated rings. The van der Waals surface area contributed by atoms with Crippen molar-refractivity contribution in [1.82, 2.24) is 0 Å². The van der Waals surface area contributed by atoms with Crippen LogP contribution in [0.25, 0.3) is 0 Å². The van der Waals surface area contributed by atoms with E-state index in [4.69, 9.17) is 11.6 Å². The van der Waals surface area contributed by atoms with E-state index in [9.17, 15) is 18.0 Å². The van der Waals surface area contributed by atoms with E-state index in [0.29, 0.717) is 11.1 Å². The van der Waals surface area contributed by atoms with Gasteiger partial charge in [0.2, 0.25) is 0 Å². The van der Waals surface area contributed by atoms with Gasteiger partial charge in [-0.1, -0.05) is 17.8 Å². The summed E-state index contributed by atoms with van der Waals surface area (Å²) in [4.78, 5) is 13.5. The van der Waals surface area contributed by atoms with Crippen molar-refractivity contribution in [2.75, 3.05) is 0 Å². The fourth-order valence-corrected chi connectivity index (χ4v) is 3.50. The minimum absolute atomic E-state index is 0.202. The summed E-state index contributed by atoms with van der Waals surface area (Å²) in [5.74, 6) is -0.222. The Balaban J connectivity index is 2.01. The number of carbonyl (C=O) groups is 1. The molecule has 0 amide bonds. The first-order valence-electron chi connectivity index (χ1n) is 5.84. The molecule has 1 heterocycles. The number of allylic oxidation sites excluding steroid dienone is 3. The first-order chi connectivity index (χ1) is 9.36. The van der Waals surface area contributed by atoms with Crippen LogP contribution < -0.4 is 0 Å². The molecular formula is C14H8ClF3OS. The second kappa shape index (κ2) is 4.67. The second-order valence-electron chi connectivity index (χ2n) is 4.57. The van der Waals surface area contributed by atoms with E-state index in [2.05, 4.69) is 0 Å². The highest BCUT2D eigenvalue weighted by Gasteiger charge is 2.33. The SMILES string of the molecule is O=C1C2=C(C=CC1Cl)Sc1ccc(C(F)(F)F)cc1C2. The Morgan fingerprint density at radius 2 is 2.05 bits per heavy atom. The molecule has 1 aliphatic carbocycles. The maximum atomic E-state index is 12.7. The molecule has 0 aromatic heterocycles. The normalized spacial score (nSPS) is 21.8. The number of hydrogen-bond acceptors (Lipinski definition) is 2. The summed E-state index contributed by atoms with van der Waals surface area (Å²) >= 11 is 7.17. The van der Waals surface area contributed by atoms with Crippen LogP contribution >= 0.6 is 23.4 Å². The van der Waals surface area contributed by atoms with Crippen molar-refractivity contribution in [3.63, 3.8) is 0 Å². The van der Waals surface area contributed by atoms with E-state index in [-0.39, 0.29) is 12.2 Å². The monoisotopic (exact) mass is 316 g/mol. The zero-order valence-electron chi connectivity index (χ0n) is 10.00. The number of alkyl halides is 4. The van der Waals surface area contributed by atoms with Gasteiger partial charge >= 0.3 is 6.18 Å². The van der Waals surface area contributed by atoms with Crippen LogP contribution in [0.4, 0.5) is 13.2 Å². The van der Waals surface area contributed by atoms with Crippen LogP contribution in [0, 0.1) is 0 Å². The molecular weight excluding hydrogens is 309 g/mol. The predicted octanol–water partition coefficient (Wildman–Crippen LogP) is 4.35. The number of Topliss-reactive ketones (excluding diaryl/α,β-unsaturated/α-hetero) is 1. The molecule has 2 aliphatic rings. The van der Waals surface area contributed by atoms with E-state index in [0.717, 1.165) is 21.9 Å². The third-order valence-corrected chi connectivity index (χ3v) is 4.80. The summed E-state index contributed by atoms with van der Waals surface area (Å²) in [5, 5.41) is -0.721. The van der Waals surface area contributed by atoms with Gasteiger partial charge in [0.05, 0.1) is 5.56 Å². The fraction of sp³-hybridized carbons (Fsp3) is 0.214. The molecule has 20 heavy (non-hydrogen) atoms. The molecule has 0 saturated carbocycles. The summed E-state index contributed by atoms with van der Waals surface area (Å²) in [6, 6.07) is 3.63. The van der Waals surface area contributed by atoms with Crippen LogP contribution in [0.3, 0.4) is 0 Å². The molecule has 0 saturated heterocycles. The van der Waals surface area contributed by atoms with Gasteiger partial charge in [-0.2, -0.15) is 13.2 Å². The molecule has 1 unspecified atom stereocenters. The largest absolute Gasteiger partial charge is 0.416 e. The molecule has 6 heteroatoms. The minimum atomic E-state index is -4.38. The van der Waals surface area contributed by atoms with Gasteiger partial charge in [-0.15, -0.1) is 11.6 Å². The highest BCUT2D eigenvalue weighted by molar-refractivity contribution is 8.03. The smallest absolute Gasteiger partial charge is 0.292 e. The second-order valence-corrected chi connectivity index (χ2v) is 6.12. The Morgan fingerprint density at radius 1 is 1.30 bits per heavy atom. The van der Waals surface area contributed by atoms with Crippen molar-refractivity contribution in [2.45, 2.75) is 22.9 Å². The maximum absolute atomic E-state index is 12.7. The molecule has 0 spiro atoms. The maximum Gasteiger partial charge on any atom is 0.416 e. The van der Waals surface area contributed by atoms with Gasteiger partial charge in [-0.3, -0.25) is 4.79 Å². The van der Waals surface area contributed by atoms with Gasteiger partial charge in [-0.05, 0) is 29.8 Å². The standard InChI is InChI=1S/C14H8ClF3OS/c15-10-2-4-12-9(13(10)19)6-7-5-8(14(16,17)18)1-3-11(7)20-12/h1-5,10H,6H2. The van der Waals surface area contributed by atoms with Crippen molar-refractivity contribution < 1.29 is 18.0 Å². The van der Waals surface area contributed by atoms with Crippen LogP contribution in [0.5, 0.6) is 0 Å². The third kappa shape index (κ3) is 2.29. The number of halogens is 4. The van der Waals surface area contributed by atoms with Crippen molar-refractivity contribution in [3.05, 3.63) is 52.0 Å². The zero-order valence-corrected chi connectivity index (χ0v) is 11.6. The Hall–Kier alpha value is -1.20. The highest BCUT2D eigenvalue weighted by Crippen LogP contribution is 2.43. The van der Waals surface area contributed by atoms with E-state index in [1.54, 1.807) is 12.2 Å². The molecule has 0 radical (unpaired) electrons. The quantitative estimate of drug-likeness (QED) is 0.662. The first kappa shape index (κ1) is 13.8. The molecule has 1 aromatic rings. The van der Waals surface area contributed by atoms with E-state index < -0.39 is 17.1 Å². The van der Waals surface area contributed by atoms with Crippen LogP contribution in [0.2, 0.25) is 0 Å². The first-order valence-corrected chi connectivity index (χ1v) is 7.09. The molecule has 3 rings (SSSR count). The molecule has 1 aliphatic heterocycles. The number of ketones is 1. The molecule has 1 nitrogen and oxygen atoms in total.